The number of rotatable bonds is 9. The largest absolute Gasteiger partial charge is 0.342 e. The van der Waals surface area contributed by atoms with Crippen LogP contribution in [-0.4, -0.2) is 43.1 Å². The smallest absolute Gasteiger partial charge is 0.264 e. The number of amides is 1. The summed E-state index contributed by atoms with van der Waals surface area (Å²) in [6, 6.07) is 0. The third-order valence-electron chi connectivity index (χ3n) is 2.51. The van der Waals surface area contributed by atoms with Gasteiger partial charge < -0.3 is 4.90 Å². The van der Waals surface area contributed by atoms with E-state index in [0.29, 0.717) is 6.54 Å². The van der Waals surface area contributed by atoms with Crippen molar-refractivity contribution in [2.45, 2.75) is 39.0 Å². The summed E-state index contributed by atoms with van der Waals surface area (Å²) in [5.41, 5.74) is 0. The van der Waals surface area contributed by atoms with Gasteiger partial charge in [-0.15, -0.1) is 0 Å². The Morgan fingerprint density at radius 2 is 1.94 bits per heavy atom. The fraction of sp³-hybridized carbons (Fsp3) is 0.750. The molecule has 0 spiro atoms. The van der Waals surface area contributed by atoms with Gasteiger partial charge in [-0.3, -0.25) is 9.35 Å². The maximum absolute atomic E-state index is 11.6. The van der Waals surface area contributed by atoms with Crippen LogP contribution in [0.2, 0.25) is 0 Å². The SMILES string of the molecule is CCCCC/C=C/C(=O)N(C)CCCS(=O)(=O)O. The van der Waals surface area contributed by atoms with Gasteiger partial charge in [0.25, 0.3) is 10.1 Å². The van der Waals surface area contributed by atoms with Crippen LogP contribution in [0, 0.1) is 0 Å². The average molecular weight is 277 g/mol. The molecule has 6 heteroatoms. The van der Waals surface area contributed by atoms with Gasteiger partial charge in [-0.2, -0.15) is 8.42 Å². The molecule has 1 amide bonds. The Morgan fingerprint density at radius 3 is 2.50 bits per heavy atom. The summed E-state index contributed by atoms with van der Waals surface area (Å²) in [5.74, 6) is -0.452. The standard InChI is InChI=1S/C12H23NO4S/c1-3-4-5-6-7-9-12(14)13(2)10-8-11-18(15,16)17/h7,9H,3-6,8,10-11H2,1-2H3,(H,15,16,17)/b9-7+. The van der Waals surface area contributed by atoms with Gasteiger partial charge in [0.1, 0.15) is 0 Å². The van der Waals surface area contributed by atoms with E-state index in [1.165, 1.54) is 11.0 Å². The minimum Gasteiger partial charge on any atom is -0.342 e. The molecule has 0 aliphatic carbocycles. The van der Waals surface area contributed by atoms with E-state index in [0.717, 1.165) is 25.7 Å². The van der Waals surface area contributed by atoms with E-state index >= 15 is 0 Å². The van der Waals surface area contributed by atoms with E-state index in [2.05, 4.69) is 6.92 Å². The fourth-order valence-electron chi connectivity index (χ4n) is 1.42. The molecule has 0 heterocycles. The Bertz CT molecular complexity index is 362. The monoisotopic (exact) mass is 277 g/mol. The molecule has 18 heavy (non-hydrogen) atoms. The molecule has 106 valence electrons. The van der Waals surface area contributed by atoms with Crippen LogP contribution in [0.4, 0.5) is 0 Å². The summed E-state index contributed by atoms with van der Waals surface area (Å²) < 4.78 is 29.5. The first-order valence-electron chi connectivity index (χ1n) is 6.23. The van der Waals surface area contributed by atoms with Gasteiger partial charge in [0.2, 0.25) is 5.91 Å². The zero-order valence-corrected chi connectivity index (χ0v) is 11.9. The van der Waals surface area contributed by atoms with Gasteiger partial charge in [0, 0.05) is 13.6 Å². The number of unbranched alkanes of at least 4 members (excludes halogenated alkanes) is 3. The van der Waals surface area contributed by atoms with Crippen molar-refractivity contribution in [1.82, 2.24) is 4.90 Å². The zero-order chi connectivity index (χ0) is 14.0. The lowest BCUT2D eigenvalue weighted by atomic mass is 10.2. The van der Waals surface area contributed by atoms with E-state index < -0.39 is 10.1 Å². The number of hydrogen-bond acceptors (Lipinski definition) is 3. The molecular formula is C12H23NO4S. The maximum Gasteiger partial charge on any atom is 0.264 e. The second-order valence-corrected chi connectivity index (χ2v) is 5.87. The van der Waals surface area contributed by atoms with E-state index in [-0.39, 0.29) is 18.1 Å². The number of likely N-dealkylation sites (N-methyl/N-ethyl adjacent to an activating group) is 1. The summed E-state index contributed by atoms with van der Waals surface area (Å²) in [7, 11) is -2.31. The molecule has 5 nitrogen and oxygen atoms in total. The normalized spacial score (nSPS) is 11.9. The fourth-order valence-corrected chi connectivity index (χ4v) is 1.91. The number of carbonyl (C=O) groups excluding carboxylic acids is 1. The molecule has 0 bridgehead atoms. The first kappa shape index (κ1) is 17.1. The Labute approximate surface area is 110 Å². The summed E-state index contributed by atoms with van der Waals surface area (Å²) in [5, 5.41) is 0. The molecule has 0 saturated carbocycles. The van der Waals surface area contributed by atoms with Gasteiger partial charge >= 0.3 is 0 Å². The third kappa shape index (κ3) is 10.3. The van der Waals surface area contributed by atoms with E-state index in [4.69, 9.17) is 4.55 Å². The molecule has 0 atom stereocenters. The molecule has 0 saturated heterocycles. The Hall–Kier alpha value is -0.880. The first-order valence-corrected chi connectivity index (χ1v) is 7.84. The summed E-state index contributed by atoms with van der Waals surface area (Å²) in [6.45, 7) is 2.44. The van der Waals surface area contributed by atoms with Crippen molar-refractivity contribution in [3.8, 4) is 0 Å². The summed E-state index contributed by atoms with van der Waals surface area (Å²) in [6.07, 6.45) is 7.87. The highest BCUT2D eigenvalue weighted by Gasteiger charge is 2.08. The number of carbonyl (C=O) groups is 1. The Kier molecular flexibility index (Phi) is 8.66. The van der Waals surface area contributed by atoms with Crippen molar-refractivity contribution < 1.29 is 17.8 Å². The molecule has 0 aromatic rings. The molecule has 0 aliphatic rings. The van der Waals surface area contributed by atoms with Crippen molar-refractivity contribution in [3.63, 3.8) is 0 Å². The van der Waals surface area contributed by atoms with E-state index in [1.807, 2.05) is 6.08 Å². The molecule has 0 fully saturated rings. The third-order valence-corrected chi connectivity index (χ3v) is 3.31. The minimum atomic E-state index is -3.93. The highest BCUT2D eigenvalue weighted by atomic mass is 32.2. The number of allylic oxidation sites excluding steroid dienone is 1. The second-order valence-electron chi connectivity index (χ2n) is 4.30. The summed E-state index contributed by atoms with van der Waals surface area (Å²) in [4.78, 5) is 13.0. The van der Waals surface area contributed by atoms with Gasteiger partial charge in [0.05, 0.1) is 5.75 Å². The minimum absolute atomic E-state index is 0.137. The maximum atomic E-state index is 11.6. The van der Waals surface area contributed by atoms with Crippen LogP contribution in [0.1, 0.15) is 39.0 Å². The number of hydrogen-bond donors (Lipinski definition) is 1. The van der Waals surface area contributed by atoms with Crippen LogP contribution >= 0.6 is 0 Å². The van der Waals surface area contributed by atoms with Crippen molar-refractivity contribution in [1.29, 1.82) is 0 Å². The second kappa shape index (κ2) is 9.10. The van der Waals surface area contributed by atoms with Gasteiger partial charge in [0.15, 0.2) is 0 Å². The van der Waals surface area contributed by atoms with Crippen LogP contribution in [0.5, 0.6) is 0 Å². The Balaban J connectivity index is 3.82. The Morgan fingerprint density at radius 1 is 1.28 bits per heavy atom. The van der Waals surface area contributed by atoms with Crippen LogP contribution in [0.15, 0.2) is 12.2 Å². The topological polar surface area (TPSA) is 74.7 Å². The molecule has 0 rings (SSSR count). The van der Waals surface area contributed by atoms with Crippen molar-refractivity contribution >= 4 is 16.0 Å². The predicted molar refractivity (Wildman–Crippen MR) is 72.0 cm³/mol. The molecule has 0 aromatic carbocycles. The van der Waals surface area contributed by atoms with Crippen molar-refractivity contribution in [2.24, 2.45) is 0 Å². The van der Waals surface area contributed by atoms with Gasteiger partial charge in [-0.1, -0.05) is 25.8 Å². The number of nitrogens with zero attached hydrogens (tertiary/aromatic N) is 1. The van der Waals surface area contributed by atoms with Crippen LogP contribution in [0.25, 0.3) is 0 Å². The van der Waals surface area contributed by atoms with Gasteiger partial charge in [-0.05, 0) is 25.3 Å². The summed E-state index contributed by atoms with van der Waals surface area (Å²) >= 11 is 0. The van der Waals surface area contributed by atoms with Crippen LogP contribution in [-0.2, 0) is 14.9 Å². The van der Waals surface area contributed by atoms with E-state index in [1.54, 1.807) is 7.05 Å². The van der Waals surface area contributed by atoms with E-state index in [9.17, 15) is 13.2 Å². The van der Waals surface area contributed by atoms with Crippen LogP contribution < -0.4 is 0 Å². The molecule has 1 N–H and O–H groups in total. The first-order chi connectivity index (χ1) is 8.37. The lowest BCUT2D eigenvalue weighted by Gasteiger charge is -2.14. The lowest BCUT2D eigenvalue weighted by molar-refractivity contribution is -0.124. The highest BCUT2D eigenvalue weighted by Crippen LogP contribution is 2.00. The average Bonchev–Trinajstić information content (AvgIpc) is 2.26. The lowest BCUT2D eigenvalue weighted by Crippen LogP contribution is -2.27. The molecule has 0 aromatic heterocycles. The molecular weight excluding hydrogens is 254 g/mol. The highest BCUT2D eigenvalue weighted by molar-refractivity contribution is 7.85. The molecule has 0 radical (unpaired) electrons. The quantitative estimate of drug-likeness (QED) is 0.396. The van der Waals surface area contributed by atoms with Crippen molar-refractivity contribution in [3.05, 3.63) is 12.2 Å². The predicted octanol–water partition coefficient (Wildman–Crippen LogP) is 1.86. The van der Waals surface area contributed by atoms with Crippen LogP contribution in [0.3, 0.4) is 0 Å². The van der Waals surface area contributed by atoms with Gasteiger partial charge in [-0.25, -0.2) is 0 Å². The molecule has 0 unspecified atom stereocenters. The molecule has 0 aliphatic heterocycles. The van der Waals surface area contributed by atoms with Crippen molar-refractivity contribution in [2.75, 3.05) is 19.3 Å². The zero-order valence-electron chi connectivity index (χ0n) is 11.1.